The predicted molar refractivity (Wildman–Crippen MR) is 112 cm³/mol. The molecule has 0 bridgehead atoms. The van der Waals surface area contributed by atoms with E-state index in [0.717, 1.165) is 30.6 Å². The van der Waals surface area contributed by atoms with Gasteiger partial charge in [-0.15, -0.1) is 11.3 Å². The van der Waals surface area contributed by atoms with Gasteiger partial charge in [0.2, 0.25) is 5.95 Å². The molecule has 1 saturated heterocycles. The van der Waals surface area contributed by atoms with E-state index in [2.05, 4.69) is 41.5 Å². The number of thiazole rings is 1. The Labute approximate surface area is 177 Å². The largest absolute Gasteiger partial charge is 0.347 e. The lowest BCUT2D eigenvalue weighted by molar-refractivity contribution is 0.0946. The number of nitrogens with one attached hydrogen (secondary N) is 2. The molecule has 3 aromatic rings. The molecule has 0 aliphatic carbocycles. The van der Waals surface area contributed by atoms with Crippen molar-refractivity contribution in [2.75, 3.05) is 18.4 Å². The summed E-state index contributed by atoms with van der Waals surface area (Å²) in [5, 5.41) is 17.2. The van der Waals surface area contributed by atoms with E-state index in [1.165, 1.54) is 11.3 Å². The van der Waals surface area contributed by atoms with E-state index in [0.29, 0.717) is 29.9 Å². The summed E-state index contributed by atoms with van der Waals surface area (Å²) < 4.78 is 0. The number of nitriles is 1. The molecule has 1 amide bonds. The Balaban J connectivity index is 1.39. The molecule has 0 saturated carbocycles. The van der Waals surface area contributed by atoms with Gasteiger partial charge in [-0.3, -0.25) is 14.7 Å². The van der Waals surface area contributed by atoms with Crippen LogP contribution in [0.5, 0.6) is 0 Å². The standard InChI is InChI=1S/C20H20N8OS/c21-6-11-28-10-1-2-17(28)15-5-9-23-19(25-15)27-20-26-16(13-30-20)18(29)24-12-14-3-7-22-8-4-14/h3-5,7-9,13,17H,1-2,10-12H2,(H,24,29)(H,23,25,26,27)/t17-/m1/s1. The van der Waals surface area contributed by atoms with Gasteiger partial charge in [0.25, 0.3) is 5.91 Å². The number of anilines is 2. The smallest absolute Gasteiger partial charge is 0.271 e. The number of pyridine rings is 1. The number of carbonyl (C=O) groups is 1. The Morgan fingerprint density at radius 3 is 2.97 bits per heavy atom. The van der Waals surface area contributed by atoms with Gasteiger partial charge in [0, 0.05) is 30.5 Å². The molecule has 1 fully saturated rings. The molecular formula is C20H20N8OS. The molecule has 0 spiro atoms. The predicted octanol–water partition coefficient (Wildman–Crippen LogP) is 2.66. The highest BCUT2D eigenvalue weighted by molar-refractivity contribution is 7.14. The maximum atomic E-state index is 12.3. The van der Waals surface area contributed by atoms with Gasteiger partial charge in [-0.05, 0) is 43.1 Å². The second-order valence-corrected chi connectivity index (χ2v) is 7.65. The van der Waals surface area contributed by atoms with Crippen LogP contribution >= 0.6 is 11.3 Å². The van der Waals surface area contributed by atoms with Gasteiger partial charge in [0.05, 0.1) is 24.3 Å². The minimum Gasteiger partial charge on any atom is -0.347 e. The van der Waals surface area contributed by atoms with Gasteiger partial charge < -0.3 is 10.6 Å². The maximum absolute atomic E-state index is 12.3. The van der Waals surface area contributed by atoms with E-state index in [1.807, 2.05) is 18.2 Å². The molecule has 0 unspecified atom stereocenters. The molecule has 2 N–H and O–H groups in total. The minimum absolute atomic E-state index is 0.124. The van der Waals surface area contributed by atoms with E-state index < -0.39 is 0 Å². The van der Waals surface area contributed by atoms with E-state index in [1.54, 1.807) is 24.0 Å². The lowest BCUT2D eigenvalue weighted by Crippen LogP contribution is -2.24. The van der Waals surface area contributed by atoms with Gasteiger partial charge in [0.1, 0.15) is 5.69 Å². The molecular weight excluding hydrogens is 400 g/mol. The highest BCUT2D eigenvalue weighted by atomic mass is 32.1. The Hall–Kier alpha value is -3.42. The molecule has 1 atom stereocenters. The number of amides is 1. The van der Waals surface area contributed by atoms with Crippen LogP contribution in [0.3, 0.4) is 0 Å². The monoisotopic (exact) mass is 420 g/mol. The molecule has 30 heavy (non-hydrogen) atoms. The Morgan fingerprint density at radius 1 is 1.27 bits per heavy atom. The zero-order chi connectivity index (χ0) is 20.8. The van der Waals surface area contributed by atoms with Crippen LogP contribution in [0, 0.1) is 11.3 Å². The Morgan fingerprint density at radius 2 is 2.13 bits per heavy atom. The van der Waals surface area contributed by atoms with E-state index >= 15 is 0 Å². The van der Waals surface area contributed by atoms with Crippen molar-refractivity contribution in [2.45, 2.75) is 25.4 Å². The summed E-state index contributed by atoms with van der Waals surface area (Å²) >= 11 is 1.31. The number of aromatic nitrogens is 4. The van der Waals surface area contributed by atoms with Gasteiger partial charge in [-0.25, -0.2) is 15.0 Å². The van der Waals surface area contributed by atoms with Crippen molar-refractivity contribution < 1.29 is 4.79 Å². The van der Waals surface area contributed by atoms with Crippen LogP contribution in [-0.2, 0) is 6.54 Å². The average molecular weight is 421 g/mol. The lowest BCUT2D eigenvalue weighted by Gasteiger charge is -2.21. The first-order valence-corrected chi connectivity index (χ1v) is 10.4. The zero-order valence-electron chi connectivity index (χ0n) is 16.2. The van der Waals surface area contributed by atoms with Crippen molar-refractivity contribution in [2.24, 2.45) is 0 Å². The summed E-state index contributed by atoms with van der Waals surface area (Å²) in [5.74, 6) is 0.179. The normalized spacial score (nSPS) is 16.2. The quantitative estimate of drug-likeness (QED) is 0.560. The topological polar surface area (TPSA) is 120 Å². The number of nitrogens with zero attached hydrogens (tertiary/aromatic N) is 6. The number of hydrogen-bond acceptors (Lipinski definition) is 9. The van der Waals surface area contributed by atoms with Crippen LogP contribution in [0.1, 0.15) is 40.6 Å². The highest BCUT2D eigenvalue weighted by Crippen LogP contribution is 2.30. The first-order valence-electron chi connectivity index (χ1n) is 9.56. The highest BCUT2D eigenvalue weighted by Gasteiger charge is 2.27. The summed E-state index contributed by atoms with van der Waals surface area (Å²) in [4.78, 5) is 31.6. The van der Waals surface area contributed by atoms with Gasteiger partial charge in [-0.1, -0.05) is 0 Å². The first-order chi connectivity index (χ1) is 14.7. The SMILES string of the molecule is N#CCN1CCC[C@@H]1c1ccnc(Nc2nc(C(=O)NCc3ccncc3)cs2)n1. The molecule has 1 aliphatic heterocycles. The number of carbonyl (C=O) groups excluding carboxylic acids is 1. The molecule has 152 valence electrons. The maximum Gasteiger partial charge on any atom is 0.271 e. The summed E-state index contributed by atoms with van der Waals surface area (Å²) in [6, 6.07) is 7.92. The second kappa shape index (κ2) is 9.39. The lowest BCUT2D eigenvalue weighted by atomic mass is 10.1. The van der Waals surface area contributed by atoms with Crippen LogP contribution in [0.15, 0.2) is 42.2 Å². The van der Waals surface area contributed by atoms with Gasteiger partial charge in [0.15, 0.2) is 5.13 Å². The second-order valence-electron chi connectivity index (χ2n) is 6.79. The summed E-state index contributed by atoms with van der Waals surface area (Å²) in [6.07, 6.45) is 7.08. The van der Waals surface area contributed by atoms with Crippen LogP contribution in [0.25, 0.3) is 0 Å². The third kappa shape index (κ3) is 4.76. The molecule has 4 heterocycles. The number of rotatable bonds is 7. The number of likely N-dealkylation sites (tertiary alicyclic amines) is 1. The van der Waals surface area contributed by atoms with Gasteiger partial charge >= 0.3 is 0 Å². The minimum atomic E-state index is -0.246. The molecule has 0 aromatic carbocycles. The van der Waals surface area contributed by atoms with Crippen molar-refractivity contribution >= 4 is 28.3 Å². The van der Waals surface area contributed by atoms with Crippen molar-refractivity contribution in [3.05, 3.63) is 59.1 Å². The summed E-state index contributed by atoms with van der Waals surface area (Å²) in [7, 11) is 0. The van der Waals surface area contributed by atoms with E-state index in [4.69, 9.17) is 5.26 Å². The molecule has 0 radical (unpaired) electrons. The van der Waals surface area contributed by atoms with Crippen LogP contribution in [0.2, 0.25) is 0 Å². The molecule has 1 aliphatic rings. The Kier molecular flexibility index (Phi) is 6.22. The fraction of sp³-hybridized carbons (Fsp3) is 0.300. The molecule has 4 rings (SSSR count). The van der Waals surface area contributed by atoms with Crippen LogP contribution in [-0.4, -0.2) is 43.8 Å². The third-order valence-electron chi connectivity index (χ3n) is 4.81. The van der Waals surface area contributed by atoms with Crippen LogP contribution < -0.4 is 10.6 Å². The van der Waals surface area contributed by atoms with E-state index in [9.17, 15) is 4.79 Å². The Bertz CT molecular complexity index is 1050. The van der Waals surface area contributed by atoms with Crippen molar-refractivity contribution in [1.29, 1.82) is 5.26 Å². The zero-order valence-corrected chi connectivity index (χ0v) is 17.0. The van der Waals surface area contributed by atoms with Crippen molar-refractivity contribution in [3.63, 3.8) is 0 Å². The van der Waals surface area contributed by atoms with Gasteiger partial charge in [-0.2, -0.15) is 5.26 Å². The van der Waals surface area contributed by atoms with Crippen molar-refractivity contribution in [3.8, 4) is 6.07 Å². The number of hydrogen-bond donors (Lipinski definition) is 2. The fourth-order valence-electron chi connectivity index (χ4n) is 3.36. The van der Waals surface area contributed by atoms with Crippen LogP contribution in [0.4, 0.5) is 11.1 Å². The molecule has 3 aromatic heterocycles. The summed E-state index contributed by atoms with van der Waals surface area (Å²) in [6.45, 7) is 1.70. The first kappa shape index (κ1) is 19.9. The third-order valence-corrected chi connectivity index (χ3v) is 5.57. The molecule has 10 heteroatoms. The molecule has 9 nitrogen and oxygen atoms in total. The average Bonchev–Trinajstić information content (AvgIpc) is 3.43. The fourth-order valence-corrected chi connectivity index (χ4v) is 4.05. The van der Waals surface area contributed by atoms with Crippen molar-refractivity contribution in [1.82, 2.24) is 30.2 Å². The van der Waals surface area contributed by atoms with E-state index in [-0.39, 0.29) is 11.9 Å². The summed E-state index contributed by atoms with van der Waals surface area (Å²) in [5.41, 5.74) is 2.19.